The summed E-state index contributed by atoms with van der Waals surface area (Å²) < 4.78 is 1.51. The van der Waals surface area contributed by atoms with Gasteiger partial charge in [-0.25, -0.2) is 4.79 Å². The van der Waals surface area contributed by atoms with Gasteiger partial charge >= 0.3 is 6.03 Å². The van der Waals surface area contributed by atoms with Crippen LogP contribution in [-0.4, -0.2) is 40.4 Å². The van der Waals surface area contributed by atoms with Gasteiger partial charge in [-0.05, 0) is 17.7 Å². The van der Waals surface area contributed by atoms with E-state index in [1.54, 1.807) is 44.8 Å². The molecule has 0 unspecified atom stereocenters. The number of carbonyl (C=O) groups excluding carboxylic acids is 2. The Morgan fingerprint density at radius 1 is 1.06 bits per heavy atom. The van der Waals surface area contributed by atoms with Crippen LogP contribution in [0.3, 0.4) is 0 Å². The zero-order chi connectivity index (χ0) is 22.0. The number of carbonyl (C=O) groups is 2. The summed E-state index contributed by atoms with van der Waals surface area (Å²) in [6, 6.07) is 16.4. The molecule has 2 aromatic heterocycles. The molecule has 156 valence electrons. The number of para-hydroxylation sites is 1. The van der Waals surface area contributed by atoms with Gasteiger partial charge in [0.15, 0.2) is 5.78 Å². The van der Waals surface area contributed by atoms with Crippen molar-refractivity contribution >= 4 is 34.1 Å². The second-order valence-corrected chi connectivity index (χ2v) is 7.45. The molecule has 0 atom stereocenters. The Balaban J connectivity index is 1.58. The van der Waals surface area contributed by atoms with Gasteiger partial charge in [-0.1, -0.05) is 42.5 Å². The molecule has 0 saturated heterocycles. The number of nitrogens with one attached hydrogen (secondary N) is 1. The Hall–Kier alpha value is -4.13. The first kappa shape index (κ1) is 20.2. The van der Waals surface area contributed by atoms with E-state index in [2.05, 4.69) is 10.3 Å². The molecule has 1 amide bonds. The van der Waals surface area contributed by atoms with E-state index in [9.17, 15) is 9.59 Å². The molecule has 0 saturated carbocycles. The molecule has 0 aliphatic carbocycles. The summed E-state index contributed by atoms with van der Waals surface area (Å²) >= 11 is 0. The van der Waals surface area contributed by atoms with E-state index in [-0.39, 0.29) is 11.8 Å². The van der Waals surface area contributed by atoms with Gasteiger partial charge in [-0.2, -0.15) is 0 Å². The highest BCUT2D eigenvalue weighted by Gasteiger charge is 2.20. The first-order valence-electron chi connectivity index (χ1n) is 9.84. The van der Waals surface area contributed by atoms with Crippen LogP contribution in [0.2, 0.25) is 0 Å². The number of ketones is 1. The number of anilines is 2. The molecular weight excluding hydrogens is 390 g/mol. The lowest BCUT2D eigenvalue weighted by atomic mass is 10.0. The van der Waals surface area contributed by atoms with Gasteiger partial charge in [0, 0.05) is 49.5 Å². The molecular formula is C24H23N5O2. The van der Waals surface area contributed by atoms with Crippen LogP contribution in [-0.2, 0) is 6.54 Å². The third-order valence-corrected chi connectivity index (χ3v) is 5.10. The maximum Gasteiger partial charge on any atom is 0.328 e. The minimum Gasteiger partial charge on any atom is -0.396 e. The predicted molar refractivity (Wildman–Crippen MR) is 122 cm³/mol. The maximum atomic E-state index is 13.2. The van der Waals surface area contributed by atoms with Crippen molar-refractivity contribution in [3.05, 3.63) is 89.9 Å². The van der Waals surface area contributed by atoms with Gasteiger partial charge in [0.05, 0.1) is 23.1 Å². The van der Waals surface area contributed by atoms with Crippen LogP contribution in [0.5, 0.6) is 0 Å². The number of fused-ring (bicyclic) bond motifs is 1. The van der Waals surface area contributed by atoms with Crippen molar-refractivity contribution in [2.45, 2.75) is 6.54 Å². The molecule has 31 heavy (non-hydrogen) atoms. The van der Waals surface area contributed by atoms with Crippen LogP contribution >= 0.6 is 0 Å². The van der Waals surface area contributed by atoms with Crippen molar-refractivity contribution in [3.8, 4) is 0 Å². The zero-order valence-electron chi connectivity index (χ0n) is 17.4. The highest BCUT2D eigenvalue weighted by Crippen LogP contribution is 2.25. The van der Waals surface area contributed by atoms with Crippen molar-refractivity contribution in [1.82, 2.24) is 14.5 Å². The monoisotopic (exact) mass is 413 g/mol. The van der Waals surface area contributed by atoms with Gasteiger partial charge in [-0.15, -0.1) is 0 Å². The molecule has 4 rings (SSSR count). The summed E-state index contributed by atoms with van der Waals surface area (Å²) in [5.74, 6) is -0.126. The van der Waals surface area contributed by atoms with Gasteiger partial charge < -0.3 is 16.0 Å². The number of amides is 1. The topological polar surface area (TPSA) is 93.2 Å². The maximum absolute atomic E-state index is 13.2. The number of hydrogen-bond acceptors (Lipinski definition) is 5. The second kappa shape index (κ2) is 8.31. The number of hydrogen-bond donors (Lipinski definition) is 2. The average molecular weight is 413 g/mol. The first-order valence-corrected chi connectivity index (χ1v) is 9.84. The standard InChI is InChI=1S/C24H23N5O2/c1-28(2)24(31)29-15-19(18-5-3-4-6-22(18)29)23(30)17-9-7-16(8-10-17)13-27-21-11-12-26-14-20(21)25/h3-12,14-15H,13,25H2,1-2H3,(H,26,27). The van der Waals surface area contributed by atoms with Crippen LogP contribution < -0.4 is 11.1 Å². The Kier molecular flexibility index (Phi) is 5.41. The molecule has 0 aliphatic rings. The second-order valence-electron chi connectivity index (χ2n) is 7.45. The molecule has 0 fully saturated rings. The van der Waals surface area contributed by atoms with Gasteiger partial charge in [0.1, 0.15) is 0 Å². The number of rotatable bonds is 5. The predicted octanol–water partition coefficient (Wildman–Crippen LogP) is 3.99. The van der Waals surface area contributed by atoms with Crippen molar-refractivity contribution in [1.29, 1.82) is 0 Å². The SMILES string of the molecule is CN(C)C(=O)n1cc(C(=O)c2ccc(CNc3ccncc3N)cc2)c2ccccc21. The van der Waals surface area contributed by atoms with Gasteiger partial charge in [-0.3, -0.25) is 14.3 Å². The Morgan fingerprint density at radius 3 is 2.52 bits per heavy atom. The number of pyridine rings is 1. The van der Waals surface area contributed by atoms with E-state index >= 15 is 0 Å². The fraction of sp³-hybridized carbons (Fsp3) is 0.125. The van der Waals surface area contributed by atoms with Crippen LogP contribution in [0.1, 0.15) is 21.5 Å². The summed E-state index contributed by atoms with van der Waals surface area (Å²) in [6.07, 6.45) is 4.90. The molecule has 7 nitrogen and oxygen atoms in total. The fourth-order valence-corrected chi connectivity index (χ4v) is 3.43. The van der Waals surface area contributed by atoms with E-state index in [4.69, 9.17) is 5.73 Å². The van der Waals surface area contributed by atoms with E-state index in [0.29, 0.717) is 28.9 Å². The van der Waals surface area contributed by atoms with Crippen molar-refractivity contribution in [2.75, 3.05) is 25.1 Å². The quantitative estimate of drug-likeness (QED) is 0.483. The Morgan fingerprint density at radius 2 is 1.81 bits per heavy atom. The molecule has 0 aliphatic heterocycles. The number of nitrogen functional groups attached to an aromatic ring is 1. The highest BCUT2D eigenvalue weighted by molar-refractivity contribution is 6.17. The number of aromatic nitrogens is 2. The van der Waals surface area contributed by atoms with Crippen LogP contribution in [0.15, 0.2) is 73.2 Å². The third-order valence-electron chi connectivity index (χ3n) is 5.10. The summed E-state index contributed by atoms with van der Waals surface area (Å²) in [6.45, 7) is 0.569. The molecule has 0 bridgehead atoms. The lowest BCUT2D eigenvalue weighted by Crippen LogP contribution is -2.26. The minimum absolute atomic E-state index is 0.126. The lowest BCUT2D eigenvalue weighted by Gasteiger charge is -2.11. The highest BCUT2D eigenvalue weighted by atomic mass is 16.2. The lowest BCUT2D eigenvalue weighted by molar-refractivity contribution is 0.104. The van der Waals surface area contributed by atoms with Crippen molar-refractivity contribution in [3.63, 3.8) is 0 Å². The fourth-order valence-electron chi connectivity index (χ4n) is 3.43. The van der Waals surface area contributed by atoms with E-state index < -0.39 is 0 Å². The largest absolute Gasteiger partial charge is 0.396 e. The van der Waals surface area contributed by atoms with Gasteiger partial charge in [0.25, 0.3) is 0 Å². The molecule has 2 heterocycles. The normalized spacial score (nSPS) is 10.8. The number of benzene rings is 2. The van der Waals surface area contributed by atoms with Gasteiger partial charge in [0.2, 0.25) is 0 Å². The summed E-state index contributed by atoms with van der Waals surface area (Å²) in [5.41, 5.74) is 10.1. The number of nitrogens with two attached hydrogens (primary N) is 1. The zero-order valence-corrected chi connectivity index (χ0v) is 17.4. The van der Waals surface area contributed by atoms with Crippen molar-refractivity contribution in [2.24, 2.45) is 0 Å². The number of nitrogens with zero attached hydrogens (tertiary/aromatic N) is 3. The molecule has 4 aromatic rings. The van der Waals surface area contributed by atoms with Crippen molar-refractivity contribution < 1.29 is 9.59 Å². The minimum atomic E-state index is -0.202. The molecule has 3 N–H and O–H groups in total. The third kappa shape index (κ3) is 3.98. The van der Waals surface area contributed by atoms with Crippen LogP contribution in [0.4, 0.5) is 16.2 Å². The Labute approximate surface area is 180 Å². The first-order chi connectivity index (χ1) is 15.0. The van der Waals surface area contributed by atoms with Crippen LogP contribution in [0.25, 0.3) is 10.9 Å². The molecule has 7 heteroatoms. The summed E-state index contributed by atoms with van der Waals surface area (Å²) in [4.78, 5) is 31.2. The molecule has 0 radical (unpaired) electrons. The average Bonchev–Trinajstić information content (AvgIpc) is 3.17. The van der Waals surface area contributed by atoms with Crippen LogP contribution in [0, 0.1) is 0 Å². The molecule has 0 spiro atoms. The smallest absolute Gasteiger partial charge is 0.328 e. The van der Waals surface area contributed by atoms with E-state index in [0.717, 1.165) is 16.6 Å². The Bertz CT molecular complexity index is 1260. The summed E-state index contributed by atoms with van der Waals surface area (Å²) in [7, 11) is 3.37. The molecule has 2 aromatic carbocycles. The summed E-state index contributed by atoms with van der Waals surface area (Å²) in [5, 5.41) is 4.02. The van der Waals surface area contributed by atoms with E-state index in [1.165, 1.54) is 9.47 Å². The van der Waals surface area contributed by atoms with E-state index in [1.807, 2.05) is 42.5 Å².